The maximum absolute atomic E-state index is 12.9. The van der Waals surface area contributed by atoms with Crippen LogP contribution in [0.25, 0.3) is 0 Å². The number of carbonyl (C=O) groups is 1. The number of halogens is 1. The summed E-state index contributed by atoms with van der Waals surface area (Å²) in [5.74, 6) is -0.120. The molecule has 0 aromatic heterocycles. The summed E-state index contributed by atoms with van der Waals surface area (Å²) in [7, 11) is -3.74. The molecule has 0 saturated carbocycles. The number of ether oxygens (including phenoxy) is 1. The molecule has 25 heavy (non-hydrogen) atoms. The summed E-state index contributed by atoms with van der Waals surface area (Å²) >= 11 is 3.29. The van der Waals surface area contributed by atoms with E-state index < -0.39 is 22.0 Å². The van der Waals surface area contributed by atoms with Gasteiger partial charge in [-0.2, -0.15) is 4.31 Å². The minimum absolute atomic E-state index is 0.172. The van der Waals surface area contributed by atoms with Crippen LogP contribution in [0.15, 0.2) is 57.9 Å². The predicted octanol–water partition coefficient (Wildman–Crippen LogP) is 3.52. The van der Waals surface area contributed by atoms with E-state index in [-0.39, 0.29) is 4.90 Å². The van der Waals surface area contributed by atoms with Gasteiger partial charge in [0.15, 0.2) is 0 Å². The molecule has 1 aliphatic rings. The second-order valence-electron chi connectivity index (χ2n) is 5.96. The van der Waals surface area contributed by atoms with Crippen LogP contribution < -0.4 is 4.74 Å². The molecule has 1 heterocycles. The van der Waals surface area contributed by atoms with E-state index in [1.54, 1.807) is 24.3 Å². The first-order valence-corrected chi connectivity index (χ1v) is 10.2. The number of hydrogen-bond donors (Lipinski definition) is 0. The van der Waals surface area contributed by atoms with Gasteiger partial charge in [-0.15, -0.1) is 0 Å². The Kier molecular flexibility index (Phi) is 5.27. The minimum Gasteiger partial charge on any atom is -0.425 e. The van der Waals surface area contributed by atoms with Crippen LogP contribution >= 0.6 is 15.9 Å². The van der Waals surface area contributed by atoms with Crippen molar-refractivity contribution >= 4 is 31.9 Å². The second kappa shape index (κ2) is 7.27. The first-order chi connectivity index (χ1) is 11.9. The van der Waals surface area contributed by atoms with Crippen LogP contribution in [0.3, 0.4) is 0 Å². The Balaban J connectivity index is 1.80. The molecule has 0 aliphatic carbocycles. The number of benzene rings is 2. The van der Waals surface area contributed by atoms with E-state index in [4.69, 9.17) is 4.74 Å². The largest absolute Gasteiger partial charge is 0.425 e. The van der Waals surface area contributed by atoms with Gasteiger partial charge < -0.3 is 4.74 Å². The lowest BCUT2D eigenvalue weighted by molar-refractivity contribution is -0.137. The SMILES string of the molecule is Cc1ccc(OC(=O)C2CCCN2S(=O)(=O)c2ccc(Br)cc2)cc1. The number of carbonyl (C=O) groups excluding carboxylic acids is 1. The molecule has 1 atom stereocenters. The summed E-state index contributed by atoms with van der Waals surface area (Å²) < 4.78 is 33.1. The molecule has 3 rings (SSSR count). The van der Waals surface area contributed by atoms with Crippen LogP contribution in [0.2, 0.25) is 0 Å². The third kappa shape index (κ3) is 3.94. The lowest BCUT2D eigenvalue weighted by Gasteiger charge is -2.22. The third-order valence-electron chi connectivity index (χ3n) is 4.14. The average molecular weight is 424 g/mol. The second-order valence-corrected chi connectivity index (χ2v) is 8.77. The van der Waals surface area contributed by atoms with Crippen LogP contribution in [0, 0.1) is 6.92 Å². The first-order valence-electron chi connectivity index (χ1n) is 7.94. The lowest BCUT2D eigenvalue weighted by atomic mass is 10.2. The Morgan fingerprint density at radius 2 is 1.76 bits per heavy atom. The third-order valence-corrected chi connectivity index (χ3v) is 6.59. The summed E-state index contributed by atoms with van der Waals surface area (Å²) in [5, 5.41) is 0. The van der Waals surface area contributed by atoms with Gasteiger partial charge >= 0.3 is 5.97 Å². The highest BCUT2D eigenvalue weighted by molar-refractivity contribution is 9.10. The van der Waals surface area contributed by atoms with Crippen molar-refractivity contribution in [2.24, 2.45) is 0 Å². The summed E-state index contributed by atoms with van der Waals surface area (Å²) in [5.41, 5.74) is 1.06. The van der Waals surface area contributed by atoms with Crippen molar-refractivity contribution in [2.45, 2.75) is 30.7 Å². The fraction of sp³-hybridized carbons (Fsp3) is 0.278. The molecule has 1 unspecified atom stereocenters. The number of hydrogen-bond acceptors (Lipinski definition) is 4. The van der Waals surface area contributed by atoms with Gasteiger partial charge in [-0.1, -0.05) is 33.6 Å². The molecule has 1 aliphatic heterocycles. The number of aryl methyl sites for hydroxylation is 1. The molecular weight excluding hydrogens is 406 g/mol. The standard InChI is InChI=1S/C18H18BrNO4S/c1-13-4-8-15(9-5-13)24-18(21)17-3-2-12-20(17)25(22,23)16-10-6-14(19)7-11-16/h4-11,17H,2-3,12H2,1H3. The Bertz CT molecular complexity index is 863. The lowest BCUT2D eigenvalue weighted by Crippen LogP contribution is -2.42. The van der Waals surface area contributed by atoms with E-state index in [1.165, 1.54) is 16.4 Å². The summed E-state index contributed by atoms with van der Waals surface area (Å²) in [4.78, 5) is 12.7. The molecule has 0 bridgehead atoms. The molecule has 0 amide bonds. The van der Waals surface area contributed by atoms with Gasteiger partial charge in [-0.3, -0.25) is 0 Å². The fourth-order valence-corrected chi connectivity index (χ4v) is 4.71. The molecule has 7 heteroatoms. The van der Waals surface area contributed by atoms with Gasteiger partial charge in [0.2, 0.25) is 10.0 Å². The summed E-state index contributed by atoms with van der Waals surface area (Å²) in [6.45, 7) is 2.25. The number of esters is 1. The van der Waals surface area contributed by atoms with E-state index in [9.17, 15) is 13.2 Å². The van der Waals surface area contributed by atoms with Gasteiger partial charge in [-0.05, 0) is 56.2 Å². The maximum Gasteiger partial charge on any atom is 0.329 e. The van der Waals surface area contributed by atoms with Crippen molar-refractivity contribution < 1.29 is 17.9 Å². The molecule has 2 aromatic carbocycles. The zero-order valence-corrected chi connectivity index (χ0v) is 16.1. The molecule has 1 fully saturated rings. The van der Waals surface area contributed by atoms with Gasteiger partial charge in [0.05, 0.1) is 4.90 Å². The van der Waals surface area contributed by atoms with Crippen molar-refractivity contribution in [3.8, 4) is 5.75 Å². The van der Waals surface area contributed by atoms with E-state index in [0.29, 0.717) is 25.1 Å². The Labute approximate surface area is 155 Å². The Hall–Kier alpha value is -1.70. The molecule has 5 nitrogen and oxygen atoms in total. The normalized spacial score (nSPS) is 18.2. The van der Waals surface area contributed by atoms with Crippen molar-refractivity contribution in [3.05, 3.63) is 58.6 Å². The van der Waals surface area contributed by atoms with Crippen molar-refractivity contribution in [1.82, 2.24) is 4.31 Å². The van der Waals surface area contributed by atoms with Crippen molar-refractivity contribution in [1.29, 1.82) is 0 Å². The van der Waals surface area contributed by atoms with E-state index in [1.807, 2.05) is 19.1 Å². The fourth-order valence-electron chi connectivity index (χ4n) is 2.80. The first kappa shape index (κ1) is 18.1. The molecule has 0 radical (unpaired) electrons. The smallest absolute Gasteiger partial charge is 0.329 e. The van der Waals surface area contributed by atoms with E-state index in [2.05, 4.69) is 15.9 Å². The van der Waals surface area contributed by atoms with Crippen molar-refractivity contribution in [2.75, 3.05) is 6.54 Å². The van der Waals surface area contributed by atoms with Gasteiger partial charge in [0.25, 0.3) is 0 Å². The van der Waals surface area contributed by atoms with Crippen LogP contribution in [0.1, 0.15) is 18.4 Å². The van der Waals surface area contributed by atoms with Gasteiger partial charge in [-0.25, -0.2) is 13.2 Å². The van der Waals surface area contributed by atoms with E-state index in [0.717, 1.165) is 10.0 Å². The molecule has 1 saturated heterocycles. The predicted molar refractivity (Wildman–Crippen MR) is 97.9 cm³/mol. The number of sulfonamides is 1. The van der Waals surface area contributed by atoms with Crippen LogP contribution in [0.4, 0.5) is 0 Å². The van der Waals surface area contributed by atoms with Crippen LogP contribution in [-0.4, -0.2) is 31.3 Å². The number of nitrogens with zero attached hydrogens (tertiary/aromatic N) is 1. The summed E-state index contributed by atoms with van der Waals surface area (Å²) in [6, 6.07) is 12.7. The van der Waals surface area contributed by atoms with Crippen LogP contribution in [0.5, 0.6) is 5.75 Å². The molecule has 2 aromatic rings. The minimum atomic E-state index is -3.74. The molecule has 0 N–H and O–H groups in total. The average Bonchev–Trinajstić information content (AvgIpc) is 3.08. The van der Waals surface area contributed by atoms with E-state index >= 15 is 0 Å². The molecule has 132 valence electrons. The highest BCUT2D eigenvalue weighted by atomic mass is 79.9. The monoisotopic (exact) mass is 423 g/mol. The Morgan fingerprint density at radius 1 is 1.12 bits per heavy atom. The quantitative estimate of drug-likeness (QED) is 0.557. The topological polar surface area (TPSA) is 63.7 Å². The van der Waals surface area contributed by atoms with Gasteiger partial charge in [0, 0.05) is 11.0 Å². The molecular formula is C18H18BrNO4S. The Morgan fingerprint density at radius 3 is 2.40 bits per heavy atom. The van der Waals surface area contributed by atoms with Gasteiger partial charge in [0.1, 0.15) is 11.8 Å². The van der Waals surface area contributed by atoms with Crippen LogP contribution in [-0.2, 0) is 14.8 Å². The number of rotatable bonds is 4. The highest BCUT2D eigenvalue weighted by Crippen LogP contribution is 2.28. The highest BCUT2D eigenvalue weighted by Gasteiger charge is 2.40. The zero-order chi connectivity index (χ0) is 18.0. The maximum atomic E-state index is 12.9. The summed E-state index contributed by atoms with van der Waals surface area (Å²) in [6.07, 6.45) is 1.09. The van der Waals surface area contributed by atoms with Crippen molar-refractivity contribution in [3.63, 3.8) is 0 Å². The molecule has 0 spiro atoms. The zero-order valence-electron chi connectivity index (χ0n) is 13.7.